The number of methoxy groups -OCH3 is 1. The summed E-state index contributed by atoms with van der Waals surface area (Å²) in [6.45, 7) is 0. The number of hydrogen-bond donors (Lipinski definition) is 3. The van der Waals surface area contributed by atoms with Gasteiger partial charge in [0.15, 0.2) is 0 Å². The van der Waals surface area contributed by atoms with Gasteiger partial charge in [0.25, 0.3) is 5.91 Å². The number of carbonyl (C=O) groups excluding carboxylic acids is 1. The van der Waals surface area contributed by atoms with Gasteiger partial charge in [-0.15, -0.1) is 0 Å². The van der Waals surface area contributed by atoms with Gasteiger partial charge in [-0.1, -0.05) is 30.3 Å². The zero-order valence-electron chi connectivity index (χ0n) is 21.2. The van der Waals surface area contributed by atoms with E-state index < -0.39 is 5.91 Å². The molecule has 0 radical (unpaired) electrons. The van der Waals surface area contributed by atoms with Gasteiger partial charge in [0.1, 0.15) is 5.75 Å². The number of pyridine rings is 1. The number of para-hydroxylation sites is 1. The summed E-state index contributed by atoms with van der Waals surface area (Å²) in [5.74, 6) is 0.237. The highest BCUT2D eigenvalue weighted by molar-refractivity contribution is 6.15. The molecular formula is C31H30N4O3. The summed E-state index contributed by atoms with van der Waals surface area (Å²) in [5, 5.41) is 15.7. The summed E-state index contributed by atoms with van der Waals surface area (Å²) in [5.41, 5.74) is 12.0. The minimum absolute atomic E-state index is 0.178. The number of nitrogens with one attached hydrogen (secondary N) is 1. The minimum atomic E-state index is -0.468. The van der Waals surface area contributed by atoms with Crippen molar-refractivity contribution in [1.82, 2.24) is 9.55 Å². The smallest absolute Gasteiger partial charge is 0.250 e. The molecule has 4 N–H and O–H groups in total. The van der Waals surface area contributed by atoms with Crippen LogP contribution in [0.4, 0.5) is 5.69 Å². The summed E-state index contributed by atoms with van der Waals surface area (Å²) < 4.78 is 7.66. The van der Waals surface area contributed by atoms with E-state index in [-0.39, 0.29) is 12.1 Å². The molecule has 1 fully saturated rings. The second kappa shape index (κ2) is 9.84. The van der Waals surface area contributed by atoms with E-state index in [1.807, 2.05) is 36.5 Å². The van der Waals surface area contributed by atoms with Crippen LogP contribution < -0.4 is 15.8 Å². The van der Waals surface area contributed by atoms with Crippen LogP contribution in [0.15, 0.2) is 79.1 Å². The topological polar surface area (TPSA) is 102 Å². The van der Waals surface area contributed by atoms with Gasteiger partial charge in [0, 0.05) is 39.9 Å². The first-order chi connectivity index (χ1) is 18.5. The Morgan fingerprint density at radius 1 is 1.00 bits per heavy atom. The number of nitrogens with two attached hydrogens (primary N) is 1. The predicted octanol–water partition coefficient (Wildman–Crippen LogP) is 5.67. The maximum absolute atomic E-state index is 12.3. The normalized spacial score (nSPS) is 17.5. The Balaban J connectivity index is 1.54. The van der Waals surface area contributed by atoms with Crippen LogP contribution in [0, 0.1) is 0 Å². The fraction of sp³-hybridized carbons (Fsp3) is 0.226. The van der Waals surface area contributed by atoms with Gasteiger partial charge in [-0.05, 0) is 67.6 Å². The Bertz CT molecular complexity index is 1650. The molecule has 0 saturated heterocycles. The Labute approximate surface area is 220 Å². The van der Waals surface area contributed by atoms with E-state index in [2.05, 4.69) is 45.2 Å². The molecule has 3 aromatic carbocycles. The predicted molar refractivity (Wildman–Crippen MR) is 151 cm³/mol. The number of aliphatic hydroxyl groups is 1. The van der Waals surface area contributed by atoms with Crippen molar-refractivity contribution in [2.24, 2.45) is 5.73 Å². The minimum Gasteiger partial charge on any atom is -0.495 e. The number of hydrogen-bond acceptors (Lipinski definition) is 5. The number of benzene rings is 3. The summed E-state index contributed by atoms with van der Waals surface area (Å²) >= 11 is 0. The van der Waals surface area contributed by atoms with Crippen LogP contribution in [0.25, 0.3) is 38.6 Å². The number of rotatable bonds is 6. The van der Waals surface area contributed by atoms with Crippen LogP contribution in [-0.2, 0) is 0 Å². The largest absolute Gasteiger partial charge is 0.495 e. The highest BCUT2D eigenvalue weighted by Crippen LogP contribution is 2.39. The van der Waals surface area contributed by atoms with Crippen LogP contribution in [-0.4, -0.2) is 39.8 Å². The third-order valence-electron chi connectivity index (χ3n) is 7.54. The van der Waals surface area contributed by atoms with Crippen LogP contribution in [0.5, 0.6) is 5.75 Å². The van der Waals surface area contributed by atoms with E-state index in [4.69, 9.17) is 10.5 Å². The number of aliphatic hydroxyl groups excluding tert-OH is 1. The van der Waals surface area contributed by atoms with Gasteiger partial charge in [-0.25, -0.2) is 0 Å². The van der Waals surface area contributed by atoms with E-state index in [0.717, 1.165) is 70.0 Å². The Morgan fingerprint density at radius 3 is 2.58 bits per heavy atom. The Morgan fingerprint density at radius 2 is 1.79 bits per heavy atom. The van der Waals surface area contributed by atoms with E-state index in [9.17, 15) is 9.90 Å². The average molecular weight is 507 g/mol. The number of carbonyl (C=O) groups is 1. The van der Waals surface area contributed by atoms with Crippen molar-refractivity contribution >= 4 is 33.4 Å². The fourth-order valence-corrected chi connectivity index (χ4v) is 5.66. The molecule has 38 heavy (non-hydrogen) atoms. The van der Waals surface area contributed by atoms with Crippen molar-refractivity contribution < 1.29 is 14.6 Å². The van der Waals surface area contributed by atoms with Crippen LogP contribution in [0.2, 0.25) is 0 Å². The molecule has 1 aliphatic rings. The first-order valence-corrected chi connectivity index (χ1v) is 12.9. The van der Waals surface area contributed by atoms with E-state index in [1.165, 1.54) is 0 Å². The molecule has 7 heteroatoms. The lowest BCUT2D eigenvalue weighted by Crippen LogP contribution is -2.29. The zero-order valence-corrected chi connectivity index (χ0v) is 21.2. The Hall–Kier alpha value is -4.36. The van der Waals surface area contributed by atoms with Gasteiger partial charge in [0.2, 0.25) is 0 Å². The molecule has 6 rings (SSSR count). The monoisotopic (exact) mass is 506 g/mol. The third-order valence-corrected chi connectivity index (χ3v) is 7.54. The number of aromatic nitrogens is 2. The molecule has 0 atom stereocenters. The molecule has 2 aromatic heterocycles. The maximum Gasteiger partial charge on any atom is 0.250 e. The zero-order chi connectivity index (χ0) is 26.2. The molecule has 2 heterocycles. The van der Waals surface area contributed by atoms with Gasteiger partial charge in [0.05, 0.1) is 36.0 Å². The van der Waals surface area contributed by atoms with Crippen molar-refractivity contribution in [3.8, 4) is 22.6 Å². The molecule has 0 unspecified atom stereocenters. The standard InChI is InChI=1S/C31H30N4O3/c1-38-23-15-19(17-33-18-23)24-6-4-8-29-30(24)26-5-2-3-7-28(26)35(29)21-11-14-25(31(32)37)27(16-21)34-20-9-12-22(36)13-10-20/h2-8,11,14-18,20,22,34,36H,9-10,12-13H2,1H3,(H2,32,37)/t20-,22-. The van der Waals surface area contributed by atoms with Gasteiger partial charge < -0.3 is 25.5 Å². The van der Waals surface area contributed by atoms with Crippen molar-refractivity contribution in [1.29, 1.82) is 0 Å². The molecule has 0 bridgehead atoms. The van der Waals surface area contributed by atoms with Crippen LogP contribution >= 0.6 is 0 Å². The van der Waals surface area contributed by atoms with Crippen molar-refractivity contribution in [2.75, 3.05) is 12.4 Å². The lowest BCUT2D eigenvalue weighted by Gasteiger charge is -2.28. The summed E-state index contributed by atoms with van der Waals surface area (Å²) in [6.07, 6.45) is 6.49. The molecule has 7 nitrogen and oxygen atoms in total. The summed E-state index contributed by atoms with van der Waals surface area (Å²) in [6, 6.07) is 22.5. The third kappa shape index (κ3) is 4.25. The number of amides is 1. The Kier molecular flexibility index (Phi) is 6.21. The molecule has 0 aliphatic heterocycles. The van der Waals surface area contributed by atoms with Gasteiger partial charge >= 0.3 is 0 Å². The van der Waals surface area contributed by atoms with Crippen LogP contribution in [0.1, 0.15) is 36.0 Å². The number of primary amides is 1. The van der Waals surface area contributed by atoms with E-state index >= 15 is 0 Å². The molecule has 1 aliphatic carbocycles. The van der Waals surface area contributed by atoms with Gasteiger partial charge in [-0.3, -0.25) is 9.78 Å². The summed E-state index contributed by atoms with van der Waals surface area (Å²) in [7, 11) is 1.64. The van der Waals surface area contributed by atoms with Crippen molar-refractivity contribution in [2.45, 2.75) is 37.8 Å². The number of nitrogens with zero attached hydrogens (tertiary/aromatic N) is 2. The highest BCUT2D eigenvalue weighted by Gasteiger charge is 2.22. The number of fused-ring (bicyclic) bond motifs is 3. The van der Waals surface area contributed by atoms with E-state index in [0.29, 0.717) is 11.3 Å². The molecule has 5 aromatic rings. The molecular weight excluding hydrogens is 476 g/mol. The maximum atomic E-state index is 12.3. The highest BCUT2D eigenvalue weighted by atomic mass is 16.5. The molecule has 0 spiro atoms. The SMILES string of the molecule is COc1cncc(-c2cccc3c2c2ccccc2n3-c2ccc(C(N)=O)c(N[C@H]3CC[C@H](O)CC3)c2)c1. The first kappa shape index (κ1) is 24.0. The second-order valence-electron chi connectivity index (χ2n) is 9.91. The molecule has 1 saturated carbocycles. The first-order valence-electron chi connectivity index (χ1n) is 12.9. The van der Waals surface area contributed by atoms with Crippen molar-refractivity contribution in [3.05, 3.63) is 84.7 Å². The quantitative estimate of drug-likeness (QED) is 0.275. The second-order valence-corrected chi connectivity index (χ2v) is 9.91. The summed E-state index contributed by atoms with van der Waals surface area (Å²) in [4.78, 5) is 16.7. The number of anilines is 1. The lowest BCUT2D eigenvalue weighted by molar-refractivity contribution is 0.100. The van der Waals surface area contributed by atoms with Crippen molar-refractivity contribution in [3.63, 3.8) is 0 Å². The van der Waals surface area contributed by atoms with Gasteiger partial charge in [-0.2, -0.15) is 0 Å². The lowest BCUT2D eigenvalue weighted by atomic mass is 9.92. The average Bonchev–Trinajstić information content (AvgIpc) is 3.29. The van der Waals surface area contributed by atoms with Crippen LogP contribution in [0.3, 0.4) is 0 Å². The fourth-order valence-electron chi connectivity index (χ4n) is 5.66. The van der Waals surface area contributed by atoms with E-state index in [1.54, 1.807) is 19.4 Å². The number of ether oxygens (including phenoxy) is 1. The molecule has 192 valence electrons. The molecule has 1 amide bonds.